The highest BCUT2D eigenvalue weighted by Gasteiger charge is 2.24. The fraction of sp³-hybridized carbons (Fsp3) is 0.529. The largest absolute Gasteiger partial charge is 0.275 e. The molecule has 0 spiro atoms. The molecule has 0 aromatic carbocycles. The van der Waals surface area contributed by atoms with E-state index in [0.717, 1.165) is 17.0 Å². The van der Waals surface area contributed by atoms with Gasteiger partial charge in [-0.1, -0.05) is 47.6 Å². The summed E-state index contributed by atoms with van der Waals surface area (Å²) in [5, 5.41) is 4.28. The Morgan fingerprint density at radius 2 is 1.60 bits per heavy atom. The maximum absolute atomic E-state index is 4.96. The first-order valence-electron chi connectivity index (χ1n) is 7.10. The number of hydrogen-bond donors (Lipinski definition) is 0. The molecule has 20 heavy (non-hydrogen) atoms. The molecule has 2 aromatic rings. The molecule has 0 saturated carbocycles. The van der Waals surface area contributed by atoms with Crippen molar-refractivity contribution in [2.24, 2.45) is 7.05 Å². The zero-order valence-corrected chi connectivity index (χ0v) is 13.7. The molecule has 0 unspecified atom stereocenters. The fourth-order valence-corrected chi connectivity index (χ4v) is 2.24. The van der Waals surface area contributed by atoms with E-state index in [1.54, 1.807) is 0 Å². The normalized spacial score (nSPS) is 12.8. The summed E-state index contributed by atoms with van der Waals surface area (Å²) in [5.41, 5.74) is 4.65. The molecule has 0 radical (unpaired) electrons. The van der Waals surface area contributed by atoms with Gasteiger partial charge in [0.2, 0.25) is 0 Å². The Bertz CT molecular complexity index is 610. The maximum atomic E-state index is 4.96. The summed E-state index contributed by atoms with van der Waals surface area (Å²) in [6.07, 6.45) is 3.95. The topological polar surface area (TPSA) is 30.7 Å². The van der Waals surface area contributed by atoms with E-state index in [1.165, 1.54) is 5.56 Å². The van der Waals surface area contributed by atoms with Gasteiger partial charge in [0.25, 0.3) is 0 Å². The Kier molecular flexibility index (Phi) is 3.49. The van der Waals surface area contributed by atoms with E-state index >= 15 is 0 Å². The molecule has 0 aliphatic rings. The van der Waals surface area contributed by atoms with E-state index in [9.17, 15) is 0 Å². The quantitative estimate of drug-likeness (QED) is 0.782. The fourth-order valence-electron chi connectivity index (χ4n) is 2.24. The smallest absolute Gasteiger partial charge is 0.0568 e. The lowest BCUT2D eigenvalue weighted by Gasteiger charge is -2.25. The van der Waals surface area contributed by atoms with Crippen LogP contribution in [0.15, 0.2) is 24.5 Å². The number of rotatable bonds is 1. The molecule has 2 rings (SSSR count). The lowest BCUT2D eigenvalue weighted by Crippen LogP contribution is -2.20. The van der Waals surface area contributed by atoms with E-state index in [-0.39, 0.29) is 10.8 Å². The molecule has 0 aliphatic heterocycles. The zero-order chi connectivity index (χ0) is 15.1. The van der Waals surface area contributed by atoms with Crippen LogP contribution in [-0.4, -0.2) is 14.8 Å². The number of aromatic nitrogens is 3. The second-order valence-corrected chi connectivity index (χ2v) is 7.50. The predicted octanol–water partition coefficient (Wildman–Crippen LogP) is 4.08. The number of aryl methyl sites for hydroxylation is 1. The molecule has 2 aromatic heterocycles. The third-order valence-corrected chi connectivity index (χ3v) is 3.39. The van der Waals surface area contributed by atoms with Crippen molar-refractivity contribution in [3.05, 3.63) is 35.9 Å². The molecular weight excluding hydrogens is 246 g/mol. The number of hydrogen-bond acceptors (Lipinski definition) is 2. The van der Waals surface area contributed by atoms with Crippen molar-refractivity contribution in [1.82, 2.24) is 14.8 Å². The van der Waals surface area contributed by atoms with Gasteiger partial charge in [-0.3, -0.25) is 9.67 Å². The van der Waals surface area contributed by atoms with E-state index in [0.29, 0.717) is 0 Å². The van der Waals surface area contributed by atoms with Crippen LogP contribution in [0.2, 0.25) is 0 Å². The molecule has 3 nitrogen and oxygen atoms in total. The minimum atomic E-state index is 0.00638. The highest BCUT2D eigenvalue weighted by Crippen LogP contribution is 2.33. The summed E-state index contributed by atoms with van der Waals surface area (Å²) in [6.45, 7) is 13.2. The Morgan fingerprint density at radius 3 is 2.05 bits per heavy atom. The molecule has 2 heterocycles. The van der Waals surface area contributed by atoms with Crippen LogP contribution in [-0.2, 0) is 17.9 Å². The third kappa shape index (κ3) is 2.92. The van der Waals surface area contributed by atoms with Crippen molar-refractivity contribution < 1.29 is 0 Å². The Balaban J connectivity index is 2.64. The molecule has 0 N–H and O–H groups in total. The first kappa shape index (κ1) is 14.8. The first-order valence-corrected chi connectivity index (χ1v) is 7.10. The summed E-state index contributed by atoms with van der Waals surface area (Å²) >= 11 is 0. The van der Waals surface area contributed by atoms with Gasteiger partial charge < -0.3 is 0 Å². The number of pyridine rings is 1. The van der Waals surface area contributed by atoms with Crippen molar-refractivity contribution in [3.8, 4) is 11.1 Å². The van der Waals surface area contributed by atoms with Crippen LogP contribution >= 0.6 is 0 Å². The average molecular weight is 271 g/mol. The molecule has 0 atom stereocenters. The minimum absolute atomic E-state index is 0.00638. The van der Waals surface area contributed by atoms with Gasteiger partial charge in [-0.05, 0) is 6.07 Å². The van der Waals surface area contributed by atoms with E-state index in [1.807, 2.05) is 24.1 Å². The second-order valence-electron chi connectivity index (χ2n) is 7.50. The van der Waals surface area contributed by atoms with Crippen molar-refractivity contribution in [2.45, 2.75) is 52.4 Å². The molecule has 0 bridgehead atoms. The standard InChI is InChI=1S/C17H25N3/c1-16(2,3)14-9-8-13(12-10-18-20(7)11-12)15(19-14)17(4,5)6/h8-11H,1-7H3. The Morgan fingerprint density at radius 1 is 0.950 bits per heavy atom. The van der Waals surface area contributed by atoms with Crippen LogP contribution in [0.25, 0.3) is 11.1 Å². The van der Waals surface area contributed by atoms with Gasteiger partial charge in [0.1, 0.15) is 0 Å². The van der Waals surface area contributed by atoms with Gasteiger partial charge in [-0.15, -0.1) is 0 Å². The highest BCUT2D eigenvalue weighted by molar-refractivity contribution is 5.66. The zero-order valence-electron chi connectivity index (χ0n) is 13.7. The van der Waals surface area contributed by atoms with Gasteiger partial charge in [-0.25, -0.2) is 0 Å². The monoisotopic (exact) mass is 271 g/mol. The summed E-state index contributed by atoms with van der Waals surface area (Å²) < 4.78 is 1.83. The average Bonchev–Trinajstić information content (AvgIpc) is 2.72. The van der Waals surface area contributed by atoms with Gasteiger partial charge in [0.15, 0.2) is 0 Å². The van der Waals surface area contributed by atoms with Crippen molar-refractivity contribution >= 4 is 0 Å². The summed E-state index contributed by atoms with van der Waals surface area (Å²) in [7, 11) is 1.94. The summed E-state index contributed by atoms with van der Waals surface area (Å²) in [4.78, 5) is 4.96. The van der Waals surface area contributed by atoms with Gasteiger partial charge >= 0.3 is 0 Å². The lowest BCUT2D eigenvalue weighted by atomic mass is 9.84. The van der Waals surface area contributed by atoms with Crippen molar-refractivity contribution in [1.29, 1.82) is 0 Å². The molecule has 0 aliphatic carbocycles. The van der Waals surface area contributed by atoms with E-state index < -0.39 is 0 Å². The predicted molar refractivity (Wildman–Crippen MR) is 83.8 cm³/mol. The number of nitrogens with zero attached hydrogens (tertiary/aromatic N) is 3. The molecular formula is C17H25N3. The SMILES string of the molecule is Cn1cc(-c2ccc(C(C)(C)C)nc2C(C)(C)C)cn1. The first-order chi connectivity index (χ1) is 9.09. The maximum Gasteiger partial charge on any atom is 0.0568 e. The Labute approximate surface area is 122 Å². The summed E-state index contributed by atoms with van der Waals surface area (Å²) in [5.74, 6) is 0. The van der Waals surface area contributed by atoms with Crippen LogP contribution in [0.3, 0.4) is 0 Å². The molecule has 0 saturated heterocycles. The van der Waals surface area contributed by atoms with Gasteiger partial charge in [0, 0.05) is 40.9 Å². The van der Waals surface area contributed by atoms with Crippen LogP contribution in [0, 0.1) is 0 Å². The second kappa shape index (κ2) is 4.72. The Hall–Kier alpha value is -1.64. The highest BCUT2D eigenvalue weighted by atomic mass is 15.2. The summed E-state index contributed by atoms with van der Waals surface area (Å²) in [6, 6.07) is 4.32. The molecule has 0 amide bonds. The van der Waals surface area contributed by atoms with Crippen LogP contribution in [0.4, 0.5) is 0 Å². The van der Waals surface area contributed by atoms with Crippen molar-refractivity contribution in [2.75, 3.05) is 0 Å². The minimum Gasteiger partial charge on any atom is -0.275 e. The van der Waals surface area contributed by atoms with Gasteiger partial charge in [-0.2, -0.15) is 5.10 Å². The molecule has 3 heteroatoms. The van der Waals surface area contributed by atoms with E-state index in [4.69, 9.17) is 4.98 Å². The van der Waals surface area contributed by atoms with E-state index in [2.05, 4.69) is 58.8 Å². The van der Waals surface area contributed by atoms with Crippen LogP contribution in [0.1, 0.15) is 52.9 Å². The van der Waals surface area contributed by atoms with Crippen LogP contribution in [0.5, 0.6) is 0 Å². The molecule has 108 valence electrons. The lowest BCUT2D eigenvalue weighted by molar-refractivity contribution is 0.532. The van der Waals surface area contributed by atoms with Crippen molar-refractivity contribution in [3.63, 3.8) is 0 Å². The third-order valence-electron chi connectivity index (χ3n) is 3.39. The van der Waals surface area contributed by atoms with Gasteiger partial charge in [0.05, 0.1) is 11.9 Å². The molecule has 0 fully saturated rings. The van der Waals surface area contributed by atoms with Crippen LogP contribution < -0.4 is 0 Å².